The Morgan fingerprint density at radius 1 is 1.05 bits per heavy atom. The van der Waals surface area contributed by atoms with E-state index in [9.17, 15) is 14.4 Å². The Kier molecular flexibility index (Phi) is 6.41. The molecule has 7 nitrogen and oxygen atoms in total. The van der Waals surface area contributed by atoms with Gasteiger partial charge in [0, 0.05) is 27.2 Å². The number of esters is 3. The van der Waals surface area contributed by atoms with E-state index in [0.29, 0.717) is 0 Å². The molecule has 0 N–H and O–H groups in total. The van der Waals surface area contributed by atoms with E-state index >= 15 is 0 Å². The summed E-state index contributed by atoms with van der Waals surface area (Å²) in [5.41, 5.74) is 0. The number of halogens is 1. The predicted octanol–water partition coefficient (Wildman–Crippen LogP) is 0.923. The topological polar surface area (TPSA) is 88.1 Å². The first-order valence-electron chi connectivity index (χ1n) is 6.07. The molecule has 0 aromatic heterocycles. The molecule has 1 unspecified atom stereocenters. The summed E-state index contributed by atoms with van der Waals surface area (Å²) >= 11 is 3.24. The van der Waals surface area contributed by atoms with Crippen molar-refractivity contribution in [1.29, 1.82) is 0 Å². The number of alkyl halides is 1. The minimum absolute atomic E-state index is 0.0395. The largest absolute Gasteiger partial charge is 0.463 e. The first-order valence-corrected chi connectivity index (χ1v) is 6.98. The summed E-state index contributed by atoms with van der Waals surface area (Å²) in [7, 11) is 0. The van der Waals surface area contributed by atoms with Crippen molar-refractivity contribution in [3.63, 3.8) is 0 Å². The number of rotatable bonds is 4. The summed E-state index contributed by atoms with van der Waals surface area (Å²) in [4.78, 5) is 32.9. The highest BCUT2D eigenvalue weighted by Crippen LogP contribution is 2.28. The van der Waals surface area contributed by atoms with Crippen LogP contribution in [-0.2, 0) is 33.3 Å². The van der Waals surface area contributed by atoms with Gasteiger partial charge in [-0.25, -0.2) is 0 Å². The highest BCUT2D eigenvalue weighted by atomic mass is 79.9. The van der Waals surface area contributed by atoms with Gasteiger partial charge in [-0.15, -0.1) is 0 Å². The molecule has 1 fully saturated rings. The summed E-state index contributed by atoms with van der Waals surface area (Å²) in [6.07, 6.45) is -1.57. The van der Waals surface area contributed by atoms with Gasteiger partial charge in [0.05, 0.1) is 0 Å². The van der Waals surface area contributed by atoms with E-state index in [2.05, 4.69) is 15.9 Å². The van der Waals surface area contributed by atoms with Crippen LogP contribution in [0.15, 0.2) is 0 Å². The van der Waals surface area contributed by atoms with Gasteiger partial charge >= 0.3 is 17.9 Å². The van der Waals surface area contributed by atoms with Gasteiger partial charge in [0.15, 0.2) is 0 Å². The molecule has 1 aliphatic rings. The van der Waals surface area contributed by atoms with Crippen molar-refractivity contribution in [1.82, 2.24) is 0 Å². The molecule has 114 valence electrons. The molecule has 0 amide bonds. The smallest absolute Gasteiger partial charge is 0.303 e. The number of hydrogen-bond donors (Lipinski definition) is 0. The maximum atomic E-state index is 11.1. The first kappa shape index (κ1) is 16.9. The van der Waals surface area contributed by atoms with Crippen molar-refractivity contribution in [3.05, 3.63) is 0 Å². The molecule has 8 heteroatoms. The van der Waals surface area contributed by atoms with Crippen LogP contribution in [-0.4, -0.2) is 47.8 Å². The van der Waals surface area contributed by atoms with E-state index in [1.165, 1.54) is 20.8 Å². The van der Waals surface area contributed by atoms with Crippen LogP contribution in [0.25, 0.3) is 0 Å². The standard InChI is InChI=1S/C12H17BrO7/c1-6(14)17-5-11-9(18-7(2)15)4-10(12(13)20-11)19-8(3)16/h9-12H,4-5H2,1-3H3/t9-,10-,11-,12?/m1/s1. The van der Waals surface area contributed by atoms with Gasteiger partial charge in [-0.2, -0.15) is 0 Å². The molecule has 0 bridgehead atoms. The zero-order chi connectivity index (χ0) is 15.3. The molecular weight excluding hydrogens is 336 g/mol. The summed E-state index contributed by atoms with van der Waals surface area (Å²) in [6, 6.07) is 0. The van der Waals surface area contributed by atoms with E-state index in [4.69, 9.17) is 18.9 Å². The third kappa shape index (κ3) is 5.46. The lowest BCUT2D eigenvalue weighted by molar-refractivity contribution is -0.194. The first-order chi connectivity index (χ1) is 9.29. The van der Waals surface area contributed by atoms with Crippen LogP contribution in [0.4, 0.5) is 0 Å². The number of ether oxygens (including phenoxy) is 4. The van der Waals surface area contributed by atoms with Crippen LogP contribution in [0.1, 0.15) is 27.2 Å². The van der Waals surface area contributed by atoms with Crippen molar-refractivity contribution in [2.24, 2.45) is 0 Å². The molecule has 0 aromatic carbocycles. The Balaban J connectivity index is 2.70. The molecule has 20 heavy (non-hydrogen) atoms. The van der Waals surface area contributed by atoms with E-state index in [0.717, 1.165) is 0 Å². The second-order valence-electron chi connectivity index (χ2n) is 4.36. The summed E-state index contributed by atoms with van der Waals surface area (Å²) in [5.74, 6) is -1.40. The second-order valence-corrected chi connectivity index (χ2v) is 5.26. The van der Waals surface area contributed by atoms with Crippen molar-refractivity contribution in [2.45, 2.75) is 50.5 Å². The fourth-order valence-corrected chi connectivity index (χ4v) is 2.43. The van der Waals surface area contributed by atoms with Gasteiger partial charge in [-0.3, -0.25) is 14.4 Å². The van der Waals surface area contributed by atoms with Crippen molar-refractivity contribution >= 4 is 33.8 Å². The molecule has 1 rings (SSSR count). The van der Waals surface area contributed by atoms with Crippen molar-refractivity contribution in [3.8, 4) is 0 Å². The normalized spacial score (nSPS) is 29.4. The fraction of sp³-hybridized carbons (Fsp3) is 0.750. The Hall–Kier alpha value is -1.15. The van der Waals surface area contributed by atoms with E-state index in [1.807, 2.05) is 0 Å². The molecular formula is C12H17BrO7. The summed E-state index contributed by atoms with van der Waals surface area (Å²) in [5, 5.41) is -0.557. The van der Waals surface area contributed by atoms with Gasteiger partial charge in [-0.05, 0) is 0 Å². The van der Waals surface area contributed by atoms with Crippen LogP contribution in [0, 0.1) is 0 Å². The Labute approximate surface area is 125 Å². The Morgan fingerprint density at radius 2 is 1.60 bits per heavy atom. The van der Waals surface area contributed by atoms with Crippen molar-refractivity contribution in [2.75, 3.05) is 6.61 Å². The van der Waals surface area contributed by atoms with E-state index in [1.54, 1.807) is 0 Å². The van der Waals surface area contributed by atoms with Crippen LogP contribution >= 0.6 is 15.9 Å². The SMILES string of the molecule is CC(=O)OC[C@H]1OC(Br)[C@H](OC(C)=O)C[C@H]1OC(C)=O. The molecule has 0 spiro atoms. The Bertz CT molecular complexity index is 384. The number of carbonyl (C=O) groups is 3. The van der Waals surface area contributed by atoms with Crippen LogP contribution < -0.4 is 0 Å². The molecule has 0 saturated carbocycles. The lowest BCUT2D eigenvalue weighted by atomic mass is 10.0. The molecule has 1 saturated heterocycles. The third-order valence-electron chi connectivity index (χ3n) is 2.56. The third-order valence-corrected chi connectivity index (χ3v) is 3.37. The maximum absolute atomic E-state index is 11.1. The highest BCUT2D eigenvalue weighted by molar-refractivity contribution is 9.09. The maximum Gasteiger partial charge on any atom is 0.303 e. The summed E-state index contributed by atoms with van der Waals surface area (Å²) < 4.78 is 20.6. The molecule has 1 aliphatic heterocycles. The second kappa shape index (κ2) is 7.58. The lowest BCUT2D eigenvalue weighted by Crippen LogP contribution is -2.50. The fourth-order valence-electron chi connectivity index (χ4n) is 1.83. The monoisotopic (exact) mass is 352 g/mol. The van der Waals surface area contributed by atoms with Crippen LogP contribution in [0.3, 0.4) is 0 Å². The van der Waals surface area contributed by atoms with Gasteiger partial charge < -0.3 is 18.9 Å². The van der Waals surface area contributed by atoms with Gasteiger partial charge in [0.25, 0.3) is 0 Å². The predicted molar refractivity (Wildman–Crippen MR) is 69.9 cm³/mol. The van der Waals surface area contributed by atoms with Crippen molar-refractivity contribution < 1.29 is 33.3 Å². The molecule has 0 aliphatic carbocycles. The number of hydrogen-bond acceptors (Lipinski definition) is 7. The van der Waals surface area contributed by atoms with E-state index < -0.39 is 41.2 Å². The average Bonchev–Trinajstić information content (AvgIpc) is 2.29. The molecule has 1 heterocycles. The quantitative estimate of drug-likeness (QED) is 0.422. The minimum atomic E-state index is -0.648. The number of carbonyl (C=O) groups excluding carboxylic acids is 3. The van der Waals surface area contributed by atoms with Gasteiger partial charge in [0.1, 0.15) is 29.9 Å². The molecule has 0 radical (unpaired) electrons. The van der Waals surface area contributed by atoms with Crippen LogP contribution in [0.5, 0.6) is 0 Å². The molecule has 0 aromatic rings. The average molecular weight is 353 g/mol. The minimum Gasteiger partial charge on any atom is -0.463 e. The zero-order valence-electron chi connectivity index (χ0n) is 11.5. The van der Waals surface area contributed by atoms with Gasteiger partial charge in [-0.1, -0.05) is 15.9 Å². The summed E-state index contributed by atoms with van der Waals surface area (Å²) in [6.45, 7) is 3.79. The highest BCUT2D eigenvalue weighted by Gasteiger charge is 2.41. The van der Waals surface area contributed by atoms with E-state index in [-0.39, 0.29) is 13.0 Å². The Morgan fingerprint density at radius 3 is 2.10 bits per heavy atom. The van der Waals surface area contributed by atoms with Crippen LogP contribution in [0.2, 0.25) is 0 Å². The molecule has 4 atom stereocenters. The zero-order valence-corrected chi connectivity index (χ0v) is 13.0. The lowest BCUT2D eigenvalue weighted by Gasteiger charge is -2.37. The van der Waals surface area contributed by atoms with Gasteiger partial charge in [0.2, 0.25) is 0 Å².